The molecule has 4 rings (SSSR count). The van der Waals surface area contributed by atoms with Gasteiger partial charge in [0.2, 0.25) is 0 Å². The van der Waals surface area contributed by atoms with Crippen LogP contribution in [0.3, 0.4) is 0 Å². The van der Waals surface area contributed by atoms with Gasteiger partial charge in [-0.1, -0.05) is 6.07 Å². The number of nitrogens with zero attached hydrogens (tertiary/aromatic N) is 2. The van der Waals surface area contributed by atoms with Crippen LogP contribution in [-0.4, -0.2) is 27.0 Å². The van der Waals surface area contributed by atoms with E-state index in [2.05, 4.69) is 15.5 Å². The van der Waals surface area contributed by atoms with Gasteiger partial charge in [0, 0.05) is 18.9 Å². The molecule has 1 fully saturated rings. The highest BCUT2D eigenvalue weighted by Gasteiger charge is 2.23. The largest absolute Gasteiger partial charge is 0.352 e. The molecule has 5 nitrogen and oxygen atoms in total. The summed E-state index contributed by atoms with van der Waals surface area (Å²) in [5, 5.41) is 9.98. The number of fused-ring (bicyclic) bond motifs is 1. The zero-order chi connectivity index (χ0) is 14.2. The summed E-state index contributed by atoms with van der Waals surface area (Å²) in [5.74, 6) is 0.672. The molecule has 0 saturated heterocycles. The lowest BCUT2D eigenvalue weighted by molar-refractivity contribution is 0.0953. The lowest BCUT2D eigenvalue weighted by atomic mass is 10.2. The fourth-order valence-corrected chi connectivity index (χ4v) is 2.60. The van der Waals surface area contributed by atoms with Gasteiger partial charge >= 0.3 is 0 Å². The van der Waals surface area contributed by atoms with Crippen LogP contribution in [0.5, 0.6) is 0 Å². The molecule has 0 bridgehead atoms. The van der Waals surface area contributed by atoms with Crippen LogP contribution >= 0.6 is 0 Å². The molecule has 1 amide bonds. The maximum atomic E-state index is 12.4. The normalized spacial score (nSPS) is 14.5. The minimum Gasteiger partial charge on any atom is -0.352 e. The predicted octanol–water partition coefficient (Wildman–Crippen LogP) is 2.47. The average molecular weight is 280 g/mol. The first kappa shape index (κ1) is 12.2. The molecule has 3 aromatic rings. The van der Waals surface area contributed by atoms with Gasteiger partial charge in [0.05, 0.1) is 22.5 Å². The number of nitrogens with one attached hydrogen (secondary N) is 2. The minimum absolute atomic E-state index is 0.00337. The number of aromatic nitrogens is 3. The predicted molar refractivity (Wildman–Crippen MR) is 80.0 cm³/mol. The van der Waals surface area contributed by atoms with Gasteiger partial charge in [-0.3, -0.25) is 9.89 Å². The van der Waals surface area contributed by atoms with E-state index in [1.54, 1.807) is 6.20 Å². The molecule has 0 spiro atoms. The van der Waals surface area contributed by atoms with Crippen molar-refractivity contribution >= 4 is 11.4 Å². The third kappa shape index (κ3) is 2.20. The van der Waals surface area contributed by atoms with Gasteiger partial charge in [-0.05, 0) is 43.0 Å². The van der Waals surface area contributed by atoms with E-state index in [0.29, 0.717) is 11.5 Å². The van der Waals surface area contributed by atoms with E-state index in [1.807, 2.05) is 40.9 Å². The van der Waals surface area contributed by atoms with Crippen molar-refractivity contribution in [1.29, 1.82) is 0 Å². The van der Waals surface area contributed by atoms with Crippen LogP contribution in [-0.2, 0) is 0 Å². The second-order valence-corrected chi connectivity index (χ2v) is 5.52. The Morgan fingerprint density at radius 1 is 1.38 bits per heavy atom. The molecule has 3 aromatic heterocycles. The van der Waals surface area contributed by atoms with Crippen LogP contribution in [0.1, 0.15) is 23.2 Å². The highest BCUT2D eigenvalue weighted by molar-refractivity contribution is 6.02. The Morgan fingerprint density at radius 3 is 3.05 bits per heavy atom. The van der Waals surface area contributed by atoms with E-state index in [4.69, 9.17) is 0 Å². The number of pyridine rings is 1. The molecular weight excluding hydrogens is 264 g/mol. The number of H-pyrrole nitrogens is 1. The van der Waals surface area contributed by atoms with Crippen LogP contribution in [0.4, 0.5) is 0 Å². The third-order valence-electron chi connectivity index (χ3n) is 3.95. The number of hydrogen-bond donors (Lipinski definition) is 2. The van der Waals surface area contributed by atoms with Crippen molar-refractivity contribution < 1.29 is 4.79 Å². The molecule has 0 radical (unpaired) electrons. The van der Waals surface area contributed by atoms with Crippen LogP contribution in [0.2, 0.25) is 0 Å². The summed E-state index contributed by atoms with van der Waals surface area (Å²) in [6.45, 7) is 0.780. The summed E-state index contributed by atoms with van der Waals surface area (Å²) in [7, 11) is 0. The molecule has 0 aromatic carbocycles. The minimum atomic E-state index is -0.00337. The van der Waals surface area contributed by atoms with E-state index in [-0.39, 0.29) is 5.91 Å². The van der Waals surface area contributed by atoms with E-state index in [9.17, 15) is 4.79 Å². The maximum Gasteiger partial charge on any atom is 0.253 e. The van der Waals surface area contributed by atoms with E-state index in [1.165, 1.54) is 12.8 Å². The Bertz CT molecular complexity index is 784. The van der Waals surface area contributed by atoms with Crippen molar-refractivity contribution in [2.24, 2.45) is 5.92 Å². The molecule has 106 valence electrons. The molecule has 1 saturated carbocycles. The second-order valence-electron chi connectivity index (χ2n) is 5.52. The maximum absolute atomic E-state index is 12.4. The van der Waals surface area contributed by atoms with Gasteiger partial charge in [-0.15, -0.1) is 0 Å². The van der Waals surface area contributed by atoms with Crippen LogP contribution < -0.4 is 5.32 Å². The van der Waals surface area contributed by atoms with Crippen molar-refractivity contribution in [2.45, 2.75) is 12.8 Å². The number of rotatable bonds is 4. The van der Waals surface area contributed by atoms with E-state index in [0.717, 1.165) is 23.4 Å². The Balaban J connectivity index is 1.76. The summed E-state index contributed by atoms with van der Waals surface area (Å²) in [5.41, 5.74) is 3.47. The van der Waals surface area contributed by atoms with Crippen molar-refractivity contribution in [2.75, 3.05) is 6.54 Å². The Morgan fingerprint density at radius 2 is 2.29 bits per heavy atom. The smallest absolute Gasteiger partial charge is 0.253 e. The van der Waals surface area contributed by atoms with Gasteiger partial charge < -0.3 is 9.72 Å². The fourth-order valence-electron chi connectivity index (χ4n) is 2.60. The first-order valence-corrected chi connectivity index (χ1v) is 7.21. The van der Waals surface area contributed by atoms with Gasteiger partial charge in [0.15, 0.2) is 0 Å². The molecular formula is C16H16N4O. The number of carbonyl (C=O) groups is 1. The van der Waals surface area contributed by atoms with Crippen LogP contribution in [0, 0.1) is 5.92 Å². The summed E-state index contributed by atoms with van der Waals surface area (Å²) in [4.78, 5) is 12.4. The molecule has 1 aliphatic rings. The lowest BCUT2D eigenvalue weighted by Gasteiger charge is -2.03. The molecule has 0 unspecified atom stereocenters. The highest BCUT2D eigenvalue weighted by Crippen LogP contribution is 2.28. The number of hydrogen-bond acceptors (Lipinski definition) is 2. The first-order chi connectivity index (χ1) is 10.3. The van der Waals surface area contributed by atoms with Crippen molar-refractivity contribution in [1.82, 2.24) is 19.9 Å². The van der Waals surface area contributed by atoms with Gasteiger partial charge in [-0.2, -0.15) is 5.10 Å². The molecule has 2 N–H and O–H groups in total. The number of carbonyl (C=O) groups excluding carboxylic acids is 1. The third-order valence-corrected chi connectivity index (χ3v) is 3.95. The Labute approximate surface area is 122 Å². The molecule has 0 aliphatic heterocycles. The van der Waals surface area contributed by atoms with Crippen molar-refractivity contribution in [3.05, 3.63) is 48.3 Å². The van der Waals surface area contributed by atoms with Crippen LogP contribution in [0.15, 0.2) is 42.7 Å². The number of aromatic amines is 1. The topological polar surface area (TPSA) is 62.2 Å². The molecule has 21 heavy (non-hydrogen) atoms. The van der Waals surface area contributed by atoms with Gasteiger partial charge in [0.25, 0.3) is 5.91 Å². The first-order valence-electron chi connectivity index (χ1n) is 7.21. The van der Waals surface area contributed by atoms with E-state index >= 15 is 0 Å². The summed E-state index contributed by atoms with van der Waals surface area (Å²) >= 11 is 0. The monoisotopic (exact) mass is 280 g/mol. The molecule has 3 heterocycles. The SMILES string of the molecule is O=C(NCC1CC1)c1cc(-c2ccn[nH]2)n2ccccc12. The standard InChI is InChI=1S/C16H16N4O/c21-16(17-10-11-4-5-11)12-9-15(13-6-7-18-19-13)20-8-2-1-3-14(12)20/h1-3,6-9,11H,4-5,10H2,(H,17,21)(H,18,19). The fraction of sp³-hybridized carbons (Fsp3) is 0.250. The van der Waals surface area contributed by atoms with Gasteiger partial charge in [0.1, 0.15) is 0 Å². The lowest BCUT2D eigenvalue weighted by Crippen LogP contribution is -2.25. The van der Waals surface area contributed by atoms with Crippen molar-refractivity contribution in [3.63, 3.8) is 0 Å². The Kier molecular flexibility index (Phi) is 2.77. The quantitative estimate of drug-likeness (QED) is 0.771. The second kappa shape index (κ2) is 4.77. The highest BCUT2D eigenvalue weighted by atomic mass is 16.1. The molecule has 1 aliphatic carbocycles. The van der Waals surface area contributed by atoms with Gasteiger partial charge in [-0.25, -0.2) is 0 Å². The molecule has 5 heteroatoms. The van der Waals surface area contributed by atoms with E-state index < -0.39 is 0 Å². The zero-order valence-corrected chi connectivity index (χ0v) is 11.5. The Hall–Kier alpha value is -2.56. The zero-order valence-electron chi connectivity index (χ0n) is 11.5. The average Bonchev–Trinajstić information content (AvgIpc) is 3.03. The van der Waals surface area contributed by atoms with Crippen molar-refractivity contribution in [3.8, 4) is 11.4 Å². The summed E-state index contributed by atoms with van der Waals surface area (Å²) in [6.07, 6.45) is 6.14. The summed E-state index contributed by atoms with van der Waals surface area (Å²) in [6, 6.07) is 9.69. The molecule has 0 atom stereocenters. The number of amides is 1. The van der Waals surface area contributed by atoms with Crippen LogP contribution in [0.25, 0.3) is 16.9 Å². The summed E-state index contributed by atoms with van der Waals surface area (Å²) < 4.78 is 2.01.